The highest BCUT2D eigenvalue weighted by atomic mass is 16.8. The molecule has 2 atom stereocenters. The third kappa shape index (κ3) is 14.3. The van der Waals surface area contributed by atoms with E-state index in [0.717, 1.165) is 38.5 Å². The van der Waals surface area contributed by atoms with Crippen LogP contribution in [0.15, 0.2) is 0 Å². The predicted molar refractivity (Wildman–Crippen MR) is 109 cm³/mol. The molecule has 174 valence electrons. The van der Waals surface area contributed by atoms with Gasteiger partial charge in [-0.1, -0.05) is 0 Å². The lowest BCUT2D eigenvalue weighted by Gasteiger charge is -2.17. The Hall–Kier alpha value is -0.320. The maximum atomic E-state index is 8.72. The fourth-order valence-corrected chi connectivity index (χ4v) is 3.02. The largest absolute Gasteiger partial charge is 0.396 e. The first-order valence-corrected chi connectivity index (χ1v) is 11.0. The average molecular weight is 423 g/mol. The summed E-state index contributed by atoms with van der Waals surface area (Å²) >= 11 is 0. The fraction of sp³-hybridized carbons (Fsp3) is 1.00. The van der Waals surface area contributed by atoms with Crippen molar-refractivity contribution in [3.8, 4) is 0 Å². The lowest BCUT2D eigenvalue weighted by molar-refractivity contribution is -0.155. The summed E-state index contributed by atoms with van der Waals surface area (Å²) in [7, 11) is 0. The van der Waals surface area contributed by atoms with E-state index in [1.165, 1.54) is 0 Å². The van der Waals surface area contributed by atoms with Crippen molar-refractivity contribution in [1.82, 2.24) is 0 Å². The summed E-state index contributed by atoms with van der Waals surface area (Å²) in [5, 5.41) is 17.4. The van der Waals surface area contributed by atoms with Gasteiger partial charge in [0.05, 0.1) is 39.6 Å². The van der Waals surface area contributed by atoms with Crippen LogP contribution in [0.25, 0.3) is 0 Å². The molecule has 1 rings (SSSR count). The van der Waals surface area contributed by atoms with Gasteiger partial charge in [-0.15, -0.1) is 0 Å². The Bertz CT molecular complexity index is 335. The monoisotopic (exact) mass is 422 g/mol. The van der Waals surface area contributed by atoms with Gasteiger partial charge in [0.15, 0.2) is 5.79 Å². The third-order valence-corrected chi connectivity index (χ3v) is 4.49. The molecular formula is C21H42O8. The number of hydrogen-bond donors (Lipinski definition) is 2. The Morgan fingerprint density at radius 3 is 1.41 bits per heavy atom. The Morgan fingerprint density at radius 2 is 1.00 bits per heavy atom. The second-order valence-corrected chi connectivity index (χ2v) is 7.66. The summed E-state index contributed by atoms with van der Waals surface area (Å²) in [6.07, 6.45) is 5.19. The van der Waals surface area contributed by atoms with Crippen LogP contribution in [-0.2, 0) is 28.4 Å². The van der Waals surface area contributed by atoms with Gasteiger partial charge in [-0.25, -0.2) is 0 Å². The van der Waals surface area contributed by atoms with Crippen LogP contribution in [0.4, 0.5) is 0 Å². The zero-order valence-electron chi connectivity index (χ0n) is 18.3. The Morgan fingerprint density at radius 1 is 0.586 bits per heavy atom. The van der Waals surface area contributed by atoms with E-state index in [1.807, 2.05) is 13.8 Å². The quantitative estimate of drug-likeness (QED) is 0.287. The zero-order valence-corrected chi connectivity index (χ0v) is 18.3. The van der Waals surface area contributed by atoms with Crippen molar-refractivity contribution in [3.63, 3.8) is 0 Å². The van der Waals surface area contributed by atoms with Crippen LogP contribution in [-0.4, -0.2) is 94.3 Å². The van der Waals surface area contributed by atoms with Gasteiger partial charge in [-0.2, -0.15) is 0 Å². The summed E-state index contributed by atoms with van der Waals surface area (Å²) in [6.45, 7) is 8.66. The van der Waals surface area contributed by atoms with E-state index in [0.29, 0.717) is 52.9 Å². The average Bonchev–Trinajstić information content (AvgIpc) is 2.99. The molecule has 1 saturated heterocycles. The van der Waals surface area contributed by atoms with Gasteiger partial charge in [0.1, 0.15) is 12.2 Å². The number of unbranched alkanes of at least 4 members (excludes halogenated alkanes) is 4. The minimum absolute atomic E-state index is 0.172. The van der Waals surface area contributed by atoms with Crippen LogP contribution in [0.2, 0.25) is 0 Å². The summed E-state index contributed by atoms with van der Waals surface area (Å²) < 4.78 is 34.3. The molecule has 0 saturated carbocycles. The van der Waals surface area contributed by atoms with Crippen molar-refractivity contribution < 1.29 is 38.6 Å². The fourth-order valence-electron chi connectivity index (χ4n) is 3.02. The molecule has 8 nitrogen and oxygen atoms in total. The summed E-state index contributed by atoms with van der Waals surface area (Å²) in [6, 6.07) is 0. The van der Waals surface area contributed by atoms with Gasteiger partial charge >= 0.3 is 0 Å². The van der Waals surface area contributed by atoms with E-state index in [-0.39, 0.29) is 25.4 Å². The van der Waals surface area contributed by atoms with Gasteiger partial charge in [-0.05, 0) is 52.4 Å². The molecule has 0 radical (unpaired) electrons. The summed E-state index contributed by atoms with van der Waals surface area (Å²) in [5.41, 5.74) is 0. The van der Waals surface area contributed by atoms with Gasteiger partial charge in [0.25, 0.3) is 0 Å². The number of ether oxygens (including phenoxy) is 6. The van der Waals surface area contributed by atoms with Crippen LogP contribution in [0.3, 0.4) is 0 Å². The van der Waals surface area contributed by atoms with E-state index in [4.69, 9.17) is 38.6 Å². The van der Waals surface area contributed by atoms with E-state index < -0.39 is 5.79 Å². The number of aliphatic hydroxyl groups is 2. The first-order valence-electron chi connectivity index (χ1n) is 11.0. The maximum Gasteiger partial charge on any atom is 0.163 e. The van der Waals surface area contributed by atoms with Gasteiger partial charge in [0, 0.05) is 26.4 Å². The van der Waals surface area contributed by atoms with Crippen molar-refractivity contribution in [2.45, 2.75) is 70.4 Å². The SMILES string of the molecule is CC1(C)O[C@@H](COCCOCCCCCO)[C@H](COCCOCCCCCO)O1. The second-order valence-electron chi connectivity index (χ2n) is 7.66. The summed E-state index contributed by atoms with van der Waals surface area (Å²) in [5.74, 6) is -0.644. The van der Waals surface area contributed by atoms with Crippen molar-refractivity contribution in [3.05, 3.63) is 0 Å². The van der Waals surface area contributed by atoms with Crippen molar-refractivity contribution in [2.24, 2.45) is 0 Å². The lowest BCUT2D eigenvalue weighted by atomic mass is 10.2. The molecule has 0 aromatic heterocycles. The molecule has 8 heteroatoms. The molecule has 1 aliphatic heterocycles. The Balaban J connectivity index is 2.05. The molecule has 1 fully saturated rings. The van der Waals surface area contributed by atoms with E-state index in [9.17, 15) is 0 Å². The highest BCUT2D eigenvalue weighted by Gasteiger charge is 2.41. The van der Waals surface area contributed by atoms with Crippen molar-refractivity contribution in [1.29, 1.82) is 0 Å². The van der Waals surface area contributed by atoms with Gasteiger partial charge in [-0.3, -0.25) is 0 Å². The molecule has 0 aliphatic carbocycles. The first kappa shape index (κ1) is 26.7. The minimum atomic E-state index is -0.644. The molecular weight excluding hydrogens is 380 g/mol. The van der Waals surface area contributed by atoms with Crippen molar-refractivity contribution >= 4 is 0 Å². The normalized spacial score (nSPS) is 21.1. The van der Waals surface area contributed by atoms with Gasteiger partial charge < -0.3 is 38.6 Å². The first-order chi connectivity index (χ1) is 14.1. The predicted octanol–water partition coefficient (Wildman–Crippen LogP) is 1.90. The number of rotatable bonds is 20. The molecule has 0 aromatic carbocycles. The molecule has 0 amide bonds. The molecule has 0 spiro atoms. The van der Waals surface area contributed by atoms with Gasteiger partial charge in [0.2, 0.25) is 0 Å². The van der Waals surface area contributed by atoms with Crippen molar-refractivity contribution in [2.75, 3.05) is 66.1 Å². The van der Waals surface area contributed by atoms with E-state index in [2.05, 4.69) is 0 Å². The molecule has 29 heavy (non-hydrogen) atoms. The minimum Gasteiger partial charge on any atom is -0.396 e. The molecule has 1 heterocycles. The maximum absolute atomic E-state index is 8.72. The van der Waals surface area contributed by atoms with Crippen LogP contribution >= 0.6 is 0 Å². The molecule has 2 N–H and O–H groups in total. The Kier molecular flexibility index (Phi) is 16.0. The number of aliphatic hydroxyl groups excluding tert-OH is 2. The lowest BCUT2D eigenvalue weighted by Crippen LogP contribution is -2.32. The highest BCUT2D eigenvalue weighted by Crippen LogP contribution is 2.28. The molecule has 0 bridgehead atoms. The van der Waals surface area contributed by atoms with Crippen LogP contribution in [0.5, 0.6) is 0 Å². The smallest absolute Gasteiger partial charge is 0.163 e. The zero-order chi connectivity index (χ0) is 21.2. The molecule has 0 unspecified atom stereocenters. The number of hydrogen-bond acceptors (Lipinski definition) is 8. The highest BCUT2D eigenvalue weighted by molar-refractivity contribution is 4.81. The standard InChI is InChI=1S/C21H42O8/c1-21(2)28-19(17-26-15-13-24-11-7-3-5-9-22)20(29-21)18-27-16-14-25-12-8-4-6-10-23/h19-20,22-23H,3-18H2,1-2H3/t19-,20-/m0/s1. The summed E-state index contributed by atoms with van der Waals surface area (Å²) in [4.78, 5) is 0. The van der Waals surface area contributed by atoms with Crippen LogP contribution in [0, 0.1) is 0 Å². The third-order valence-electron chi connectivity index (χ3n) is 4.49. The second kappa shape index (κ2) is 17.4. The van der Waals surface area contributed by atoms with Crippen LogP contribution < -0.4 is 0 Å². The molecule has 0 aromatic rings. The van der Waals surface area contributed by atoms with E-state index in [1.54, 1.807) is 0 Å². The topological polar surface area (TPSA) is 95.8 Å². The van der Waals surface area contributed by atoms with Crippen LogP contribution in [0.1, 0.15) is 52.4 Å². The Labute approximate surface area is 175 Å². The molecule has 1 aliphatic rings. The van der Waals surface area contributed by atoms with E-state index >= 15 is 0 Å².